The third-order valence-electron chi connectivity index (χ3n) is 5.00. The van der Waals surface area contributed by atoms with Crippen LogP contribution in [0.3, 0.4) is 0 Å². The van der Waals surface area contributed by atoms with Crippen LogP contribution in [-0.4, -0.2) is 51.3 Å². The van der Waals surface area contributed by atoms with Gasteiger partial charge in [-0.15, -0.1) is 0 Å². The van der Waals surface area contributed by atoms with E-state index in [1.54, 1.807) is 0 Å². The molecule has 0 atom stereocenters. The highest BCUT2D eigenvalue weighted by atomic mass is 19.1. The van der Waals surface area contributed by atoms with Gasteiger partial charge in [-0.25, -0.2) is 23.6 Å². The summed E-state index contributed by atoms with van der Waals surface area (Å²) in [5.41, 5.74) is 0.253. The molecule has 0 fully saturated rings. The van der Waals surface area contributed by atoms with E-state index < -0.39 is 41.2 Å². The highest BCUT2D eigenvalue weighted by Crippen LogP contribution is 2.39. The molecule has 0 radical (unpaired) electrons. The van der Waals surface area contributed by atoms with E-state index in [-0.39, 0.29) is 58.1 Å². The fourth-order valence-corrected chi connectivity index (χ4v) is 2.94. The van der Waals surface area contributed by atoms with Crippen LogP contribution in [0.4, 0.5) is 4.39 Å². The van der Waals surface area contributed by atoms with Crippen molar-refractivity contribution in [1.82, 2.24) is 0 Å². The molecule has 216 valence electrons. The Labute approximate surface area is 236 Å². The fourth-order valence-electron chi connectivity index (χ4n) is 2.94. The Hall–Kier alpha value is -4.87. The van der Waals surface area contributed by atoms with Crippen molar-refractivity contribution >= 4 is 23.9 Å². The third-order valence-corrected chi connectivity index (χ3v) is 5.00. The summed E-state index contributed by atoms with van der Waals surface area (Å²) in [6, 6.07) is 6.21. The molecular formula is C30H29FO10. The van der Waals surface area contributed by atoms with Crippen LogP contribution in [0.1, 0.15) is 13.8 Å². The molecule has 0 aliphatic heterocycles. The number of ether oxygens (including phenoxy) is 6. The predicted molar refractivity (Wildman–Crippen MR) is 146 cm³/mol. The van der Waals surface area contributed by atoms with Gasteiger partial charge in [-0.1, -0.05) is 32.4 Å². The van der Waals surface area contributed by atoms with Crippen molar-refractivity contribution in [3.63, 3.8) is 0 Å². The van der Waals surface area contributed by atoms with E-state index in [2.05, 4.69) is 26.3 Å². The lowest BCUT2D eigenvalue weighted by Crippen LogP contribution is -2.16. The lowest BCUT2D eigenvalue weighted by molar-refractivity contribution is -0.133. The van der Waals surface area contributed by atoms with Gasteiger partial charge in [-0.3, -0.25) is 0 Å². The van der Waals surface area contributed by atoms with Crippen LogP contribution in [0, 0.1) is 5.82 Å². The van der Waals surface area contributed by atoms with Crippen molar-refractivity contribution < 1.29 is 52.0 Å². The molecule has 0 aromatic heterocycles. The van der Waals surface area contributed by atoms with E-state index in [4.69, 9.17) is 28.4 Å². The van der Waals surface area contributed by atoms with Crippen LogP contribution in [0.15, 0.2) is 78.9 Å². The van der Waals surface area contributed by atoms with Gasteiger partial charge in [-0.2, -0.15) is 0 Å². The number of esters is 4. The molecule has 0 unspecified atom stereocenters. The number of hydrogen-bond donors (Lipinski definition) is 0. The number of carbonyl (C=O) groups is 4. The van der Waals surface area contributed by atoms with Gasteiger partial charge in [0.15, 0.2) is 23.1 Å². The van der Waals surface area contributed by atoms with E-state index in [9.17, 15) is 19.2 Å². The Kier molecular flexibility index (Phi) is 11.4. The lowest BCUT2D eigenvalue weighted by Gasteiger charge is -2.16. The molecule has 0 heterocycles. The minimum absolute atomic E-state index is 0.0315. The van der Waals surface area contributed by atoms with Gasteiger partial charge in [0.05, 0.1) is 24.4 Å². The SMILES string of the molecule is C=C(C)C(=O)Oc1ccc(-c2cc(F)c(OC(=O)C(=C)C)c(OC(=O)C(=C)COC)c2)cc1OC(=O)C(=C)COC. The van der Waals surface area contributed by atoms with Gasteiger partial charge in [0.1, 0.15) is 0 Å². The zero-order chi connectivity index (χ0) is 30.9. The molecule has 0 bridgehead atoms. The van der Waals surface area contributed by atoms with Crippen LogP contribution in [0.5, 0.6) is 23.0 Å². The molecule has 10 nitrogen and oxygen atoms in total. The molecule has 0 spiro atoms. The van der Waals surface area contributed by atoms with Crippen LogP contribution >= 0.6 is 0 Å². The smallest absolute Gasteiger partial charge is 0.341 e. The highest BCUT2D eigenvalue weighted by molar-refractivity contribution is 5.93. The lowest BCUT2D eigenvalue weighted by atomic mass is 10.0. The first-order valence-electron chi connectivity index (χ1n) is 11.8. The van der Waals surface area contributed by atoms with Gasteiger partial charge in [-0.05, 0) is 49.2 Å². The summed E-state index contributed by atoms with van der Waals surface area (Å²) in [5.74, 6) is -6.15. The Morgan fingerprint density at radius 3 is 1.61 bits per heavy atom. The Morgan fingerprint density at radius 2 is 1.10 bits per heavy atom. The maximum absolute atomic E-state index is 15.3. The van der Waals surface area contributed by atoms with E-state index in [1.165, 1.54) is 52.3 Å². The predicted octanol–water partition coefficient (Wildman–Crippen LogP) is 4.67. The molecule has 11 heteroatoms. The normalized spacial score (nSPS) is 10.3. The van der Waals surface area contributed by atoms with E-state index in [0.29, 0.717) is 0 Å². The first kappa shape index (κ1) is 32.3. The number of benzene rings is 2. The van der Waals surface area contributed by atoms with Gasteiger partial charge in [0.25, 0.3) is 0 Å². The fraction of sp³-hybridized carbons (Fsp3) is 0.200. The van der Waals surface area contributed by atoms with Crippen LogP contribution in [0.2, 0.25) is 0 Å². The highest BCUT2D eigenvalue weighted by Gasteiger charge is 2.23. The second-order valence-corrected chi connectivity index (χ2v) is 8.64. The van der Waals surface area contributed by atoms with Crippen molar-refractivity contribution in [2.24, 2.45) is 0 Å². The molecule has 0 amide bonds. The van der Waals surface area contributed by atoms with Crippen molar-refractivity contribution in [3.05, 3.63) is 84.8 Å². The summed E-state index contributed by atoms with van der Waals surface area (Å²) in [6.07, 6.45) is 0. The molecular weight excluding hydrogens is 539 g/mol. The molecule has 41 heavy (non-hydrogen) atoms. The number of hydrogen-bond acceptors (Lipinski definition) is 10. The number of carbonyl (C=O) groups excluding carboxylic acids is 4. The van der Waals surface area contributed by atoms with Gasteiger partial charge in [0.2, 0.25) is 5.75 Å². The summed E-state index contributed by atoms with van der Waals surface area (Å²) in [4.78, 5) is 49.3. The van der Waals surface area contributed by atoms with Crippen molar-refractivity contribution in [2.75, 3.05) is 27.4 Å². The first-order valence-corrected chi connectivity index (χ1v) is 11.8. The average molecular weight is 569 g/mol. The second kappa shape index (κ2) is 14.5. The summed E-state index contributed by atoms with van der Waals surface area (Å²) in [7, 11) is 2.70. The Balaban J connectivity index is 2.65. The molecule has 2 rings (SSSR count). The zero-order valence-electron chi connectivity index (χ0n) is 23.1. The maximum Gasteiger partial charge on any atom is 0.341 e. The molecule has 2 aromatic rings. The monoisotopic (exact) mass is 568 g/mol. The quantitative estimate of drug-likeness (QED) is 0.191. The molecule has 0 saturated carbocycles. The standard InChI is InChI=1S/C30H29FO10/c1-16(2)27(32)38-23-10-9-20(12-24(23)39-29(34)18(5)14-36-7)21-11-22(31)26(41-28(33)17(3)4)25(13-21)40-30(35)19(6)15-37-8/h9-13H,1,3,5-6,14-15H2,2,4,7-8H3. The molecule has 0 aliphatic carbocycles. The molecule has 2 aromatic carbocycles. The number of rotatable bonds is 13. The van der Waals surface area contributed by atoms with Crippen molar-refractivity contribution in [2.45, 2.75) is 13.8 Å². The average Bonchev–Trinajstić information content (AvgIpc) is 2.91. The molecule has 0 N–H and O–H groups in total. The minimum Gasteiger partial charge on any atom is -0.419 e. The summed E-state index contributed by atoms with van der Waals surface area (Å²) in [5, 5.41) is 0. The Morgan fingerprint density at radius 1 is 0.634 bits per heavy atom. The largest absolute Gasteiger partial charge is 0.419 e. The van der Waals surface area contributed by atoms with Gasteiger partial charge in [0, 0.05) is 25.4 Å². The summed E-state index contributed by atoms with van der Waals surface area (Å²) >= 11 is 0. The zero-order valence-corrected chi connectivity index (χ0v) is 23.1. The number of methoxy groups -OCH3 is 2. The Bertz CT molecular complexity index is 1440. The van der Waals surface area contributed by atoms with Crippen molar-refractivity contribution in [3.8, 4) is 34.1 Å². The number of halogens is 1. The van der Waals surface area contributed by atoms with E-state index in [0.717, 1.165) is 6.07 Å². The first-order chi connectivity index (χ1) is 19.3. The van der Waals surface area contributed by atoms with E-state index in [1.807, 2.05) is 0 Å². The van der Waals surface area contributed by atoms with E-state index >= 15 is 4.39 Å². The van der Waals surface area contributed by atoms with Crippen molar-refractivity contribution in [1.29, 1.82) is 0 Å². The van der Waals surface area contributed by atoms with Crippen LogP contribution in [-0.2, 0) is 28.7 Å². The van der Waals surface area contributed by atoms with Gasteiger partial charge >= 0.3 is 23.9 Å². The van der Waals surface area contributed by atoms with Crippen LogP contribution < -0.4 is 18.9 Å². The summed E-state index contributed by atoms with van der Waals surface area (Å²) < 4.78 is 46.1. The molecule has 0 saturated heterocycles. The maximum atomic E-state index is 15.3. The third kappa shape index (κ3) is 8.82. The second-order valence-electron chi connectivity index (χ2n) is 8.64. The molecule has 0 aliphatic rings. The minimum atomic E-state index is -1.07. The van der Waals surface area contributed by atoms with Crippen LogP contribution in [0.25, 0.3) is 11.1 Å². The summed E-state index contributed by atoms with van der Waals surface area (Å²) in [6.45, 7) is 16.6. The topological polar surface area (TPSA) is 124 Å². The van der Waals surface area contributed by atoms with Gasteiger partial charge < -0.3 is 28.4 Å².